The zero-order chi connectivity index (χ0) is 28.9. The Balaban J connectivity index is 1.31. The molecule has 0 radical (unpaired) electrons. The summed E-state index contributed by atoms with van der Waals surface area (Å²) in [5.41, 5.74) is 2.77. The van der Waals surface area contributed by atoms with Crippen LogP contribution in [0.3, 0.4) is 0 Å². The third-order valence-electron chi connectivity index (χ3n) is 6.54. The lowest BCUT2D eigenvalue weighted by Gasteiger charge is -2.18. The zero-order valence-corrected chi connectivity index (χ0v) is 20.3. The minimum absolute atomic E-state index is 0.0417. The molecule has 4 N–H and O–H groups in total. The number of amides is 2. The lowest BCUT2D eigenvalue weighted by atomic mass is 10.0. The largest absolute Gasteiger partial charge is 0.416 e. The third kappa shape index (κ3) is 5.40. The van der Waals surface area contributed by atoms with Crippen molar-refractivity contribution in [2.75, 3.05) is 16.4 Å². The number of alkyl halides is 6. The van der Waals surface area contributed by atoms with Crippen LogP contribution in [0.15, 0.2) is 66.9 Å². The predicted octanol–water partition coefficient (Wildman–Crippen LogP) is 6.27. The summed E-state index contributed by atoms with van der Waals surface area (Å²) >= 11 is 0. The smallest absolute Gasteiger partial charge is 0.368 e. The number of aromatic nitrogens is 2. The maximum absolute atomic E-state index is 13.2. The molecule has 1 aliphatic carbocycles. The van der Waals surface area contributed by atoms with E-state index in [0.717, 1.165) is 16.5 Å². The van der Waals surface area contributed by atoms with E-state index in [0.29, 0.717) is 23.3 Å². The summed E-state index contributed by atoms with van der Waals surface area (Å²) in [4.78, 5) is 34.0. The van der Waals surface area contributed by atoms with Gasteiger partial charge in [-0.15, -0.1) is 0 Å². The standard InChI is InChI=1S/C27H19F6N5O2/c28-26(29,30)17-10-18(27(31,32)33)12-20(11-17)37-23(40)25(7-8-25)22(39)36-19-5-3-14(4-6-19)15-1-2-16-13-35-24(34)38-21(16)9-15/h1-6,9-13H,7-8H2,(H,36,39)(H,37,40)(H2,34,35,38). The number of fused-ring (bicyclic) bond motifs is 1. The van der Waals surface area contributed by atoms with E-state index in [4.69, 9.17) is 5.73 Å². The summed E-state index contributed by atoms with van der Waals surface area (Å²) in [7, 11) is 0. The molecule has 206 valence electrons. The van der Waals surface area contributed by atoms with Gasteiger partial charge in [-0.05, 0) is 60.4 Å². The summed E-state index contributed by atoms with van der Waals surface area (Å²) in [6.45, 7) is 0. The summed E-state index contributed by atoms with van der Waals surface area (Å²) < 4.78 is 78.9. The number of carbonyl (C=O) groups is 2. The van der Waals surface area contributed by atoms with Crippen molar-refractivity contribution in [1.29, 1.82) is 0 Å². The molecular formula is C27H19F6N5O2. The van der Waals surface area contributed by atoms with Gasteiger partial charge in [0.25, 0.3) is 0 Å². The van der Waals surface area contributed by atoms with E-state index in [1.807, 2.05) is 18.2 Å². The molecule has 4 aromatic rings. The predicted molar refractivity (Wildman–Crippen MR) is 135 cm³/mol. The van der Waals surface area contributed by atoms with Gasteiger partial charge in [-0.2, -0.15) is 26.3 Å². The first-order chi connectivity index (χ1) is 18.7. The van der Waals surface area contributed by atoms with E-state index < -0.39 is 46.4 Å². The van der Waals surface area contributed by atoms with Gasteiger partial charge in [-0.3, -0.25) is 9.59 Å². The molecule has 1 heterocycles. The van der Waals surface area contributed by atoms with Crippen molar-refractivity contribution in [3.63, 3.8) is 0 Å². The molecule has 0 aliphatic heterocycles. The van der Waals surface area contributed by atoms with E-state index in [9.17, 15) is 35.9 Å². The van der Waals surface area contributed by atoms with Crippen molar-refractivity contribution in [3.05, 3.63) is 78.0 Å². The lowest BCUT2D eigenvalue weighted by molar-refractivity contribution is -0.143. The Morgan fingerprint density at radius 2 is 1.30 bits per heavy atom. The molecule has 1 saturated carbocycles. The highest BCUT2D eigenvalue weighted by molar-refractivity contribution is 6.17. The maximum Gasteiger partial charge on any atom is 0.416 e. The van der Waals surface area contributed by atoms with Gasteiger partial charge in [0.15, 0.2) is 0 Å². The van der Waals surface area contributed by atoms with Crippen LogP contribution >= 0.6 is 0 Å². The first kappa shape index (κ1) is 26.9. The van der Waals surface area contributed by atoms with Gasteiger partial charge in [0.2, 0.25) is 17.8 Å². The quantitative estimate of drug-likeness (QED) is 0.197. The number of hydrogen-bond acceptors (Lipinski definition) is 5. The Morgan fingerprint density at radius 3 is 1.85 bits per heavy atom. The van der Waals surface area contributed by atoms with Gasteiger partial charge < -0.3 is 16.4 Å². The second-order valence-electron chi connectivity index (χ2n) is 9.36. The highest BCUT2D eigenvalue weighted by Gasteiger charge is 2.56. The van der Waals surface area contributed by atoms with Gasteiger partial charge in [0, 0.05) is 23.0 Å². The number of nitrogen functional groups attached to an aromatic ring is 1. The Hall–Kier alpha value is -4.68. The Labute approximate surface area is 222 Å². The van der Waals surface area contributed by atoms with E-state index in [1.165, 1.54) is 0 Å². The number of rotatable bonds is 5. The Morgan fingerprint density at radius 1 is 0.750 bits per heavy atom. The average molecular weight is 559 g/mol. The van der Waals surface area contributed by atoms with Crippen molar-refractivity contribution in [2.24, 2.45) is 5.41 Å². The number of nitrogens with zero attached hydrogens (tertiary/aromatic N) is 2. The van der Waals surface area contributed by atoms with Crippen molar-refractivity contribution < 1.29 is 35.9 Å². The monoisotopic (exact) mass is 559 g/mol. The highest BCUT2D eigenvalue weighted by Crippen LogP contribution is 2.48. The Bertz CT molecular complexity index is 1600. The van der Waals surface area contributed by atoms with Gasteiger partial charge in [-0.25, -0.2) is 9.97 Å². The number of hydrogen-bond donors (Lipinski definition) is 3. The van der Waals surface area contributed by atoms with Crippen LogP contribution in [-0.2, 0) is 21.9 Å². The van der Waals surface area contributed by atoms with Crippen molar-refractivity contribution >= 4 is 40.0 Å². The molecule has 5 rings (SSSR count). The van der Waals surface area contributed by atoms with Crippen LogP contribution in [0.25, 0.3) is 22.0 Å². The SMILES string of the molecule is Nc1ncc2ccc(-c3ccc(NC(=O)C4(C(=O)Nc5cc(C(F)(F)F)cc(C(F)(F)F)c5)CC4)cc3)cc2n1. The summed E-state index contributed by atoms with van der Waals surface area (Å²) in [6.07, 6.45) is -8.39. The fraction of sp³-hybridized carbons (Fsp3) is 0.185. The number of carbonyl (C=O) groups excluding carboxylic acids is 2. The van der Waals surface area contributed by atoms with Crippen molar-refractivity contribution in [3.8, 4) is 11.1 Å². The number of benzene rings is 3. The molecule has 2 amide bonds. The van der Waals surface area contributed by atoms with Crippen LogP contribution in [0, 0.1) is 5.41 Å². The van der Waals surface area contributed by atoms with E-state index in [2.05, 4.69) is 20.6 Å². The second kappa shape index (κ2) is 9.50. The first-order valence-electron chi connectivity index (χ1n) is 11.8. The summed E-state index contributed by atoms with van der Waals surface area (Å²) in [6, 6.07) is 12.9. The maximum atomic E-state index is 13.2. The minimum Gasteiger partial charge on any atom is -0.368 e. The van der Waals surface area contributed by atoms with Crippen LogP contribution in [-0.4, -0.2) is 21.8 Å². The number of nitrogens with one attached hydrogen (secondary N) is 2. The number of anilines is 3. The molecule has 0 atom stereocenters. The van der Waals surface area contributed by atoms with Gasteiger partial charge in [0.05, 0.1) is 16.6 Å². The lowest BCUT2D eigenvalue weighted by Crippen LogP contribution is -2.35. The molecule has 1 aromatic heterocycles. The van der Waals surface area contributed by atoms with Crippen molar-refractivity contribution in [1.82, 2.24) is 9.97 Å². The number of nitrogens with two attached hydrogens (primary N) is 1. The van der Waals surface area contributed by atoms with Crippen LogP contribution in [0.4, 0.5) is 43.7 Å². The zero-order valence-electron chi connectivity index (χ0n) is 20.3. The molecule has 0 bridgehead atoms. The van der Waals surface area contributed by atoms with Crippen LogP contribution in [0.5, 0.6) is 0 Å². The molecule has 1 aliphatic rings. The van der Waals surface area contributed by atoms with E-state index in [-0.39, 0.29) is 24.9 Å². The van der Waals surface area contributed by atoms with Crippen LogP contribution < -0.4 is 16.4 Å². The van der Waals surface area contributed by atoms with Crippen LogP contribution in [0.2, 0.25) is 0 Å². The molecule has 0 unspecified atom stereocenters. The molecule has 0 saturated heterocycles. The number of halogens is 6. The first-order valence-corrected chi connectivity index (χ1v) is 11.8. The average Bonchev–Trinajstić information content (AvgIpc) is 3.70. The molecule has 1 fully saturated rings. The fourth-order valence-electron chi connectivity index (χ4n) is 4.17. The highest BCUT2D eigenvalue weighted by atomic mass is 19.4. The van der Waals surface area contributed by atoms with Crippen LogP contribution in [0.1, 0.15) is 24.0 Å². The third-order valence-corrected chi connectivity index (χ3v) is 6.54. The second-order valence-corrected chi connectivity index (χ2v) is 9.36. The Kier molecular flexibility index (Phi) is 6.39. The summed E-state index contributed by atoms with van der Waals surface area (Å²) in [5, 5.41) is 5.47. The molecule has 3 aromatic carbocycles. The molecule has 40 heavy (non-hydrogen) atoms. The molecular weight excluding hydrogens is 540 g/mol. The molecule has 0 spiro atoms. The molecule has 13 heteroatoms. The van der Waals surface area contributed by atoms with E-state index in [1.54, 1.807) is 30.5 Å². The van der Waals surface area contributed by atoms with E-state index >= 15 is 0 Å². The summed E-state index contributed by atoms with van der Waals surface area (Å²) in [5.74, 6) is -1.58. The molecule has 7 nitrogen and oxygen atoms in total. The van der Waals surface area contributed by atoms with Gasteiger partial charge in [0.1, 0.15) is 5.41 Å². The minimum atomic E-state index is -5.07. The van der Waals surface area contributed by atoms with Gasteiger partial charge >= 0.3 is 12.4 Å². The van der Waals surface area contributed by atoms with Crippen molar-refractivity contribution in [2.45, 2.75) is 25.2 Å². The topological polar surface area (TPSA) is 110 Å². The fourth-order valence-corrected chi connectivity index (χ4v) is 4.17. The van der Waals surface area contributed by atoms with Gasteiger partial charge in [-0.1, -0.05) is 24.3 Å². The normalized spacial score (nSPS) is 14.6.